The van der Waals surface area contributed by atoms with Crippen molar-refractivity contribution in [3.05, 3.63) is 29.8 Å². The highest BCUT2D eigenvalue weighted by Gasteiger charge is 2.21. The first-order valence-corrected chi connectivity index (χ1v) is 14.8. The summed E-state index contributed by atoms with van der Waals surface area (Å²) in [6, 6.07) is 10.1. The molecule has 1 aromatic carbocycles. The average molecular weight is 449 g/mol. The van der Waals surface area contributed by atoms with Crippen LogP contribution >= 0.6 is 0 Å². The Kier molecular flexibility index (Phi) is 12.8. The fourth-order valence-corrected chi connectivity index (χ4v) is 6.93. The van der Waals surface area contributed by atoms with Gasteiger partial charge in [0.2, 0.25) is 0 Å². The first-order valence-electron chi connectivity index (χ1n) is 13.0. The number of hydrogen-bond acceptors (Lipinski definition) is 3. The minimum Gasteiger partial charge on any atom is -0.494 e. The van der Waals surface area contributed by atoms with Crippen molar-refractivity contribution in [2.75, 3.05) is 6.61 Å². The van der Waals surface area contributed by atoms with E-state index in [2.05, 4.69) is 58.9 Å². The van der Waals surface area contributed by atoms with E-state index in [9.17, 15) is 0 Å². The van der Waals surface area contributed by atoms with E-state index in [1.54, 1.807) is 0 Å². The molecule has 1 fully saturated rings. The van der Waals surface area contributed by atoms with Gasteiger partial charge >= 0.3 is 9.28 Å². The molecular weight excluding hydrogens is 400 g/mol. The molecule has 0 amide bonds. The number of benzene rings is 1. The van der Waals surface area contributed by atoms with Crippen molar-refractivity contribution < 1.29 is 13.6 Å². The van der Waals surface area contributed by atoms with E-state index in [4.69, 9.17) is 13.6 Å². The van der Waals surface area contributed by atoms with E-state index in [0.717, 1.165) is 36.7 Å². The maximum atomic E-state index is 6.01. The van der Waals surface area contributed by atoms with Crippen LogP contribution < -0.4 is 4.74 Å². The molecule has 0 N–H and O–H groups in total. The first kappa shape index (κ1) is 26.4. The lowest BCUT2D eigenvalue weighted by Crippen LogP contribution is -2.29. The van der Waals surface area contributed by atoms with E-state index in [-0.39, 0.29) is 12.2 Å². The molecule has 0 radical (unpaired) electrons. The molecule has 178 valence electrons. The van der Waals surface area contributed by atoms with Gasteiger partial charge in [0.1, 0.15) is 5.75 Å². The molecule has 2 rings (SSSR count). The van der Waals surface area contributed by atoms with Gasteiger partial charge < -0.3 is 13.6 Å². The lowest BCUT2D eigenvalue weighted by molar-refractivity contribution is 0.129. The van der Waals surface area contributed by atoms with Crippen LogP contribution in [0.25, 0.3) is 0 Å². The van der Waals surface area contributed by atoms with Gasteiger partial charge in [-0.25, -0.2) is 0 Å². The van der Waals surface area contributed by atoms with Crippen LogP contribution in [0.2, 0.25) is 6.04 Å². The van der Waals surface area contributed by atoms with Crippen molar-refractivity contribution in [2.45, 2.75) is 123 Å². The summed E-state index contributed by atoms with van der Waals surface area (Å²) in [5, 5.41) is 0. The van der Waals surface area contributed by atoms with Crippen LogP contribution in [0.4, 0.5) is 0 Å². The molecule has 1 aliphatic rings. The molecule has 1 aliphatic carbocycles. The normalized spacial score (nSPS) is 19.5. The molecule has 1 aromatic rings. The minimum absolute atomic E-state index is 0.270. The summed E-state index contributed by atoms with van der Waals surface area (Å²) in [5.41, 5.74) is 1.51. The van der Waals surface area contributed by atoms with Crippen LogP contribution in [0.1, 0.15) is 110 Å². The molecule has 0 heterocycles. The second kappa shape index (κ2) is 15.1. The average Bonchev–Trinajstić information content (AvgIpc) is 2.73. The van der Waals surface area contributed by atoms with Gasteiger partial charge in [0.05, 0.1) is 6.61 Å². The Hall–Kier alpha value is -0.843. The van der Waals surface area contributed by atoms with E-state index in [1.807, 2.05) is 0 Å². The molecule has 0 unspecified atom stereocenters. The molecule has 3 nitrogen and oxygen atoms in total. The van der Waals surface area contributed by atoms with Crippen LogP contribution in [-0.2, 0) is 8.85 Å². The topological polar surface area (TPSA) is 27.7 Å². The minimum atomic E-state index is -1.51. The van der Waals surface area contributed by atoms with Crippen molar-refractivity contribution in [3.8, 4) is 5.75 Å². The van der Waals surface area contributed by atoms with E-state index in [1.165, 1.54) is 63.4 Å². The Balaban J connectivity index is 1.57. The van der Waals surface area contributed by atoms with Crippen molar-refractivity contribution in [1.82, 2.24) is 0 Å². The second-order valence-corrected chi connectivity index (χ2v) is 11.9. The summed E-state index contributed by atoms with van der Waals surface area (Å²) in [6.45, 7) is 11.5. The third-order valence-electron chi connectivity index (χ3n) is 6.35. The van der Waals surface area contributed by atoms with E-state index in [0.29, 0.717) is 0 Å². The predicted octanol–water partition coefficient (Wildman–Crippen LogP) is 7.77. The SMILES string of the molecule is CCCC1CCC(c2ccc(OCCCCCC[SiH](OC(C)C)OC(C)C)cc2)CC1. The molecule has 4 heteroatoms. The number of hydrogen-bond donors (Lipinski definition) is 0. The summed E-state index contributed by atoms with van der Waals surface area (Å²) >= 11 is 0. The third kappa shape index (κ3) is 11.0. The van der Waals surface area contributed by atoms with Crippen molar-refractivity contribution >= 4 is 9.28 Å². The van der Waals surface area contributed by atoms with Crippen LogP contribution in [-0.4, -0.2) is 28.1 Å². The fraction of sp³-hybridized carbons (Fsp3) is 0.778. The monoisotopic (exact) mass is 448 g/mol. The van der Waals surface area contributed by atoms with Gasteiger partial charge in [0, 0.05) is 12.2 Å². The molecule has 1 saturated carbocycles. The van der Waals surface area contributed by atoms with Crippen LogP contribution in [0.3, 0.4) is 0 Å². The maximum Gasteiger partial charge on any atom is 0.321 e. The van der Waals surface area contributed by atoms with Crippen LogP contribution in [0.15, 0.2) is 24.3 Å². The number of ether oxygens (including phenoxy) is 1. The highest BCUT2D eigenvalue weighted by atomic mass is 28.3. The van der Waals surface area contributed by atoms with Crippen molar-refractivity contribution in [3.63, 3.8) is 0 Å². The summed E-state index contributed by atoms with van der Waals surface area (Å²) in [6.07, 6.45) is 13.6. The van der Waals surface area contributed by atoms with Gasteiger partial charge in [-0.2, -0.15) is 0 Å². The third-order valence-corrected chi connectivity index (χ3v) is 8.92. The van der Waals surface area contributed by atoms with E-state index >= 15 is 0 Å². The van der Waals surface area contributed by atoms with Gasteiger partial charge in [0.15, 0.2) is 0 Å². The van der Waals surface area contributed by atoms with Gasteiger partial charge in [-0.05, 0) is 95.4 Å². The van der Waals surface area contributed by atoms with Crippen LogP contribution in [0.5, 0.6) is 5.75 Å². The summed E-state index contributed by atoms with van der Waals surface area (Å²) < 4.78 is 18.0. The second-order valence-electron chi connectivity index (χ2n) is 9.93. The van der Waals surface area contributed by atoms with Crippen molar-refractivity contribution in [1.29, 1.82) is 0 Å². The smallest absolute Gasteiger partial charge is 0.321 e. The zero-order chi connectivity index (χ0) is 22.5. The molecule has 31 heavy (non-hydrogen) atoms. The maximum absolute atomic E-state index is 6.01. The van der Waals surface area contributed by atoms with Gasteiger partial charge in [-0.15, -0.1) is 0 Å². The molecule has 0 bridgehead atoms. The summed E-state index contributed by atoms with van der Waals surface area (Å²) in [4.78, 5) is 0. The molecule has 0 aliphatic heterocycles. The number of rotatable bonds is 15. The van der Waals surface area contributed by atoms with Gasteiger partial charge in [0.25, 0.3) is 0 Å². The number of unbranched alkanes of at least 4 members (excludes halogenated alkanes) is 3. The zero-order valence-corrected chi connectivity index (χ0v) is 22.1. The highest BCUT2D eigenvalue weighted by molar-refractivity contribution is 6.44. The predicted molar refractivity (Wildman–Crippen MR) is 134 cm³/mol. The Morgan fingerprint density at radius 1 is 0.839 bits per heavy atom. The fourth-order valence-electron chi connectivity index (χ4n) is 4.76. The lowest BCUT2D eigenvalue weighted by Gasteiger charge is -2.28. The van der Waals surface area contributed by atoms with Gasteiger partial charge in [-0.3, -0.25) is 0 Å². The molecule has 0 spiro atoms. The Labute approximate surface area is 194 Å². The largest absolute Gasteiger partial charge is 0.494 e. The molecule has 0 saturated heterocycles. The lowest BCUT2D eigenvalue weighted by atomic mass is 9.77. The Bertz CT molecular complexity index is 554. The Morgan fingerprint density at radius 2 is 1.45 bits per heavy atom. The van der Waals surface area contributed by atoms with E-state index < -0.39 is 9.28 Å². The first-order chi connectivity index (χ1) is 15.0. The molecular formula is C27H48O3Si. The summed E-state index contributed by atoms with van der Waals surface area (Å²) in [5.74, 6) is 2.75. The molecule has 0 aromatic heterocycles. The highest BCUT2D eigenvalue weighted by Crippen LogP contribution is 2.37. The quantitative estimate of drug-likeness (QED) is 0.202. The van der Waals surface area contributed by atoms with Crippen molar-refractivity contribution in [2.24, 2.45) is 5.92 Å². The zero-order valence-electron chi connectivity index (χ0n) is 20.9. The standard InChI is InChI=1S/C27H48O3Si/c1-6-11-24-12-14-25(15-13-24)26-16-18-27(19-17-26)28-20-9-7-8-10-21-31(29-22(2)3)30-23(4)5/h16-19,22-25,31H,6-15,20-21H2,1-5H3. The molecule has 0 atom stereocenters. The van der Waals surface area contributed by atoms with Gasteiger partial charge in [-0.1, -0.05) is 51.2 Å². The Morgan fingerprint density at radius 3 is 2.03 bits per heavy atom. The summed E-state index contributed by atoms with van der Waals surface area (Å²) in [7, 11) is -1.51. The van der Waals surface area contributed by atoms with Crippen LogP contribution in [0, 0.1) is 5.92 Å².